The molecule has 0 saturated heterocycles. The van der Waals surface area contributed by atoms with Crippen LogP contribution in [-0.2, 0) is 18.4 Å². The van der Waals surface area contributed by atoms with E-state index in [1.807, 2.05) is 27.2 Å². The molecule has 0 heterocycles. The van der Waals surface area contributed by atoms with Gasteiger partial charge in [0.1, 0.15) is 13.2 Å². The van der Waals surface area contributed by atoms with E-state index in [1.165, 1.54) is 161 Å². The van der Waals surface area contributed by atoms with Crippen molar-refractivity contribution in [3.05, 3.63) is 60.8 Å². The number of phosphoric acid groups is 1. The maximum absolute atomic E-state index is 12.9. The third-order valence-corrected chi connectivity index (χ3v) is 13.1. The largest absolute Gasteiger partial charge is 0.756 e. The summed E-state index contributed by atoms with van der Waals surface area (Å²) in [6.45, 7) is 4.60. The van der Waals surface area contributed by atoms with Crippen LogP contribution in [0.15, 0.2) is 60.8 Å². The van der Waals surface area contributed by atoms with Crippen LogP contribution in [0, 0.1) is 0 Å². The molecule has 8 nitrogen and oxygen atoms in total. The lowest BCUT2D eigenvalue weighted by Gasteiger charge is -2.29. The summed E-state index contributed by atoms with van der Waals surface area (Å²) in [6.07, 6.45) is 64.4. The van der Waals surface area contributed by atoms with Gasteiger partial charge in [-0.15, -0.1) is 0 Å². The Hall–Kier alpha value is -1.80. The molecule has 0 fully saturated rings. The van der Waals surface area contributed by atoms with Gasteiger partial charge in [0, 0.05) is 6.42 Å². The molecular formula is C57H107N2O6P. The zero-order chi connectivity index (χ0) is 48.5. The first-order valence-corrected chi connectivity index (χ1v) is 29.1. The number of unbranched alkanes of at least 4 members (excludes halogenated alkanes) is 29. The van der Waals surface area contributed by atoms with E-state index in [1.54, 1.807) is 6.08 Å². The van der Waals surface area contributed by atoms with Crippen LogP contribution in [0.3, 0.4) is 0 Å². The Kier molecular flexibility index (Phi) is 46.9. The highest BCUT2D eigenvalue weighted by Crippen LogP contribution is 2.38. The summed E-state index contributed by atoms with van der Waals surface area (Å²) in [5.41, 5.74) is 0. The van der Waals surface area contributed by atoms with Crippen LogP contribution in [0.4, 0.5) is 0 Å². The molecule has 0 aromatic carbocycles. The molecular weight excluding hydrogens is 840 g/mol. The molecule has 3 atom stereocenters. The molecule has 1 amide bonds. The molecule has 66 heavy (non-hydrogen) atoms. The fourth-order valence-corrected chi connectivity index (χ4v) is 8.53. The number of likely N-dealkylation sites (N-methyl/N-ethyl adjacent to an activating group) is 1. The Labute approximate surface area is 409 Å². The van der Waals surface area contributed by atoms with Gasteiger partial charge < -0.3 is 28.8 Å². The number of allylic oxidation sites excluding steroid dienone is 9. The highest BCUT2D eigenvalue weighted by atomic mass is 31.2. The van der Waals surface area contributed by atoms with Gasteiger partial charge in [-0.1, -0.05) is 222 Å². The maximum atomic E-state index is 12.9. The number of rotatable bonds is 50. The first-order valence-electron chi connectivity index (χ1n) is 27.7. The van der Waals surface area contributed by atoms with Crippen molar-refractivity contribution < 1.29 is 32.9 Å². The van der Waals surface area contributed by atoms with Gasteiger partial charge in [-0.05, 0) is 77.0 Å². The first kappa shape index (κ1) is 64.2. The Bertz CT molecular complexity index is 1260. The van der Waals surface area contributed by atoms with Crippen molar-refractivity contribution in [1.82, 2.24) is 5.32 Å². The minimum absolute atomic E-state index is 0.0126. The molecule has 386 valence electrons. The van der Waals surface area contributed by atoms with Crippen LogP contribution >= 0.6 is 7.82 Å². The van der Waals surface area contributed by atoms with Crippen LogP contribution in [0.25, 0.3) is 0 Å². The molecule has 0 aliphatic heterocycles. The van der Waals surface area contributed by atoms with Crippen molar-refractivity contribution >= 4 is 13.7 Å². The highest BCUT2D eigenvalue weighted by Gasteiger charge is 2.23. The zero-order valence-corrected chi connectivity index (χ0v) is 44.8. The number of nitrogens with zero attached hydrogens (tertiary/aromatic N) is 1. The highest BCUT2D eigenvalue weighted by molar-refractivity contribution is 7.45. The van der Waals surface area contributed by atoms with Crippen molar-refractivity contribution in [1.29, 1.82) is 0 Å². The van der Waals surface area contributed by atoms with Gasteiger partial charge in [0.2, 0.25) is 5.91 Å². The minimum Gasteiger partial charge on any atom is -0.756 e. The number of hydrogen-bond acceptors (Lipinski definition) is 6. The number of nitrogens with one attached hydrogen (secondary N) is 1. The van der Waals surface area contributed by atoms with E-state index in [0.717, 1.165) is 64.2 Å². The zero-order valence-electron chi connectivity index (χ0n) is 43.9. The molecule has 3 unspecified atom stereocenters. The summed E-state index contributed by atoms with van der Waals surface area (Å²) in [6, 6.07) is -0.916. The summed E-state index contributed by atoms with van der Waals surface area (Å²) in [7, 11) is 1.23. The molecule has 0 bridgehead atoms. The average molecular weight is 947 g/mol. The first-order chi connectivity index (χ1) is 32.0. The van der Waals surface area contributed by atoms with E-state index < -0.39 is 26.6 Å². The Balaban J connectivity index is 4.31. The number of quaternary nitrogens is 1. The summed E-state index contributed by atoms with van der Waals surface area (Å²) >= 11 is 0. The predicted octanol–water partition coefficient (Wildman–Crippen LogP) is 15.9. The molecule has 0 aliphatic rings. The molecule has 9 heteroatoms. The molecule has 0 saturated carbocycles. The van der Waals surface area contributed by atoms with Gasteiger partial charge in [0.15, 0.2) is 0 Å². The van der Waals surface area contributed by atoms with E-state index in [4.69, 9.17) is 9.05 Å². The maximum Gasteiger partial charge on any atom is 0.268 e. The normalized spacial score (nSPS) is 14.5. The second-order valence-electron chi connectivity index (χ2n) is 19.9. The lowest BCUT2D eigenvalue weighted by Crippen LogP contribution is -2.45. The van der Waals surface area contributed by atoms with Crippen LogP contribution < -0.4 is 10.2 Å². The van der Waals surface area contributed by atoms with Crippen LogP contribution in [0.5, 0.6) is 0 Å². The number of aliphatic hydroxyl groups is 1. The van der Waals surface area contributed by atoms with E-state index in [0.29, 0.717) is 17.4 Å². The quantitative estimate of drug-likeness (QED) is 0.0272. The minimum atomic E-state index is -4.61. The Morgan fingerprint density at radius 3 is 1.35 bits per heavy atom. The van der Waals surface area contributed by atoms with Gasteiger partial charge in [0.05, 0.1) is 39.9 Å². The van der Waals surface area contributed by atoms with Crippen LogP contribution in [-0.4, -0.2) is 68.5 Å². The molecule has 0 rings (SSSR count). The van der Waals surface area contributed by atoms with Gasteiger partial charge in [-0.3, -0.25) is 9.36 Å². The van der Waals surface area contributed by atoms with Crippen LogP contribution in [0.2, 0.25) is 0 Å². The van der Waals surface area contributed by atoms with Gasteiger partial charge in [0.25, 0.3) is 7.82 Å². The topological polar surface area (TPSA) is 108 Å². The fourth-order valence-electron chi connectivity index (χ4n) is 7.80. The van der Waals surface area contributed by atoms with Crippen LogP contribution in [0.1, 0.15) is 245 Å². The number of carbonyl (C=O) groups excluding carboxylic acids is 1. The second kappa shape index (κ2) is 48.2. The van der Waals surface area contributed by atoms with Crippen molar-refractivity contribution in [2.75, 3.05) is 40.9 Å². The average Bonchev–Trinajstić information content (AvgIpc) is 3.28. The SMILES string of the molecule is CCCCC/C=C\C/C=C\CCCCCCCCCC(=O)NC(COP(=O)([O-])OCC[N+](C)(C)C)C(O)/C=C/CC/C=C/CC/C=C/CCCCCCCCCCCCCCCCCCC. The summed E-state index contributed by atoms with van der Waals surface area (Å²) in [4.78, 5) is 25.4. The lowest BCUT2D eigenvalue weighted by atomic mass is 10.0. The van der Waals surface area contributed by atoms with Crippen molar-refractivity contribution in [2.45, 2.75) is 257 Å². The molecule has 2 N–H and O–H groups in total. The molecule has 0 aliphatic carbocycles. The third kappa shape index (κ3) is 50.1. The van der Waals surface area contributed by atoms with E-state index >= 15 is 0 Å². The predicted molar refractivity (Wildman–Crippen MR) is 284 cm³/mol. The van der Waals surface area contributed by atoms with Crippen molar-refractivity contribution in [2.24, 2.45) is 0 Å². The number of carbonyl (C=O) groups is 1. The molecule has 0 radical (unpaired) electrons. The summed E-state index contributed by atoms with van der Waals surface area (Å²) in [5.74, 6) is -0.220. The number of hydrogen-bond donors (Lipinski definition) is 2. The van der Waals surface area contributed by atoms with Crippen molar-refractivity contribution in [3.63, 3.8) is 0 Å². The number of amides is 1. The molecule has 0 aromatic heterocycles. The van der Waals surface area contributed by atoms with E-state index in [2.05, 4.69) is 67.8 Å². The molecule has 0 spiro atoms. The van der Waals surface area contributed by atoms with Crippen molar-refractivity contribution in [3.8, 4) is 0 Å². The summed E-state index contributed by atoms with van der Waals surface area (Å²) < 4.78 is 23.3. The number of aliphatic hydroxyl groups excluding tert-OH is 1. The van der Waals surface area contributed by atoms with Gasteiger partial charge in [-0.2, -0.15) is 0 Å². The van der Waals surface area contributed by atoms with E-state index in [9.17, 15) is 19.4 Å². The van der Waals surface area contributed by atoms with E-state index in [-0.39, 0.29) is 12.5 Å². The van der Waals surface area contributed by atoms with Gasteiger partial charge in [-0.25, -0.2) is 0 Å². The fraction of sp³-hybridized carbons (Fsp3) is 0.807. The smallest absolute Gasteiger partial charge is 0.268 e. The standard InChI is InChI=1S/C57H107N2O6P/c1-6-8-10-12-14-16-18-20-22-24-25-26-27-28-29-30-31-32-33-35-36-38-40-42-44-46-48-50-56(60)55(54-65-66(62,63)64-53-52-59(3,4)5)58-57(61)51-49-47-45-43-41-39-37-34-23-21-19-17-15-13-11-9-7-2/h15,17,21,23,33,35,40,42,48,50,55-56,60H,6-14,16,18-20,22,24-32,34,36-39,41,43-47,49,51-54H2,1-5H3,(H-,58,61,62,63)/b17-15-,23-21-,35-33+,42-40+,50-48+. The van der Waals surface area contributed by atoms with Gasteiger partial charge >= 0.3 is 0 Å². The Morgan fingerprint density at radius 2 is 0.894 bits per heavy atom. The summed E-state index contributed by atoms with van der Waals surface area (Å²) in [5, 5.41) is 13.8. The third-order valence-electron chi connectivity index (χ3n) is 12.2. The monoisotopic (exact) mass is 947 g/mol. The number of phosphoric ester groups is 1. The molecule has 0 aromatic rings. The lowest BCUT2D eigenvalue weighted by molar-refractivity contribution is -0.870. The second-order valence-corrected chi connectivity index (χ2v) is 21.3. The Morgan fingerprint density at radius 1 is 0.530 bits per heavy atom.